The van der Waals surface area contributed by atoms with Crippen LogP contribution in [0.25, 0.3) is 0 Å². The van der Waals surface area contributed by atoms with Crippen LogP contribution in [-0.2, 0) is 0 Å². The van der Waals surface area contributed by atoms with Crippen LogP contribution in [0.4, 0.5) is 0 Å². The molecule has 1 saturated heterocycles. The van der Waals surface area contributed by atoms with Crippen molar-refractivity contribution in [2.24, 2.45) is 5.92 Å². The van der Waals surface area contributed by atoms with Crippen molar-refractivity contribution in [2.45, 2.75) is 38.8 Å². The van der Waals surface area contributed by atoms with Crippen LogP contribution >= 0.6 is 31.9 Å². The maximum absolute atomic E-state index is 4.67. The largest absolute Gasteiger partial charge is 0.314 e. The molecule has 20 heavy (non-hydrogen) atoms. The summed E-state index contributed by atoms with van der Waals surface area (Å²) >= 11 is 7.16. The predicted molar refractivity (Wildman–Crippen MR) is 90.9 cm³/mol. The number of pyridine rings is 1. The van der Waals surface area contributed by atoms with Gasteiger partial charge in [0.25, 0.3) is 0 Å². The predicted octanol–water partition coefficient (Wildman–Crippen LogP) is 3.99. The molecule has 2 heterocycles. The molecule has 112 valence electrons. The van der Waals surface area contributed by atoms with E-state index in [1.807, 2.05) is 6.20 Å². The highest BCUT2D eigenvalue weighted by Crippen LogP contribution is 2.37. The smallest absolute Gasteiger partial charge is 0.0721 e. The molecular weight excluding hydrogens is 382 g/mol. The number of nitrogens with zero attached hydrogens (tertiary/aromatic N) is 2. The van der Waals surface area contributed by atoms with Gasteiger partial charge in [-0.1, -0.05) is 13.8 Å². The van der Waals surface area contributed by atoms with Crippen molar-refractivity contribution in [3.8, 4) is 0 Å². The Labute approximate surface area is 138 Å². The third-order valence-electron chi connectivity index (χ3n) is 3.91. The van der Waals surface area contributed by atoms with E-state index in [9.17, 15) is 0 Å². The summed E-state index contributed by atoms with van der Waals surface area (Å²) in [7, 11) is 2.21. The average Bonchev–Trinajstić information content (AvgIpc) is 2.37. The van der Waals surface area contributed by atoms with Gasteiger partial charge in [0.15, 0.2) is 0 Å². The van der Waals surface area contributed by atoms with Crippen molar-refractivity contribution in [1.82, 2.24) is 15.2 Å². The Morgan fingerprint density at radius 3 is 2.85 bits per heavy atom. The Balaban J connectivity index is 2.22. The molecule has 0 bridgehead atoms. The number of rotatable bonds is 4. The van der Waals surface area contributed by atoms with E-state index in [0.29, 0.717) is 18.0 Å². The summed E-state index contributed by atoms with van der Waals surface area (Å²) in [6, 6.07) is 3.01. The van der Waals surface area contributed by atoms with Gasteiger partial charge < -0.3 is 5.32 Å². The molecule has 1 aliphatic rings. The zero-order valence-electron chi connectivity index (χ0n) is 12.4. The first-order valence-corrected chi connectivity index (χ1v) is 8.82. The molecule has 2 unspecified atom stereocenters. The van der Waals surface area contributed by atoms with Crippen LogP contribution in [0, 0.1) is 5.92 Å². The fourth-order valence-electron chi connectivity index (χ4n) is 2.94. The molecule has 5 heteroatoms. The van der Waals surface area contributed by atoms with E-state index in [-0.39, 0.29) is 0 Å². The third kappa shape index (κ3) is 4.03. The molecule has 1 aliphatic heterocycles. The van der Waals surface area contributed by atoms with E-state index in [1.54, 1.807) is 0 Å². The zero-order valence-corrected chi connectivity index (χ0v) is 15.5. The second-order valence-electron chi connectivity index (χ2n) is 5.91. The molecule has 2 atom stereocenters. The molecular formula is C15H23Br2N3. The molecule has 0 spiro atoms. The van der Waals surface area contributed by atoms with E-state index >= 15 is 0 Å². The lowest BCUT2D eigenvalue weighted by atomic mass is 9.87. The van der Waals surface area contributed by atoms with Crippen molar-refractivity contribution in [1.29, 1.82) is 0 Å². The average molecular weight is 405 g/mol. The van der Waals surface area contributed by atoms with Gasteiger partial charge in [0, 0.05) is 27.7 Å². The monoisotopic (exact) mass is 403 g/mol. The van der Waals surface area contributed by atoms with E-state index in [4.69, 9.17) is 0 Å². The summed E-state index contributed by atoms with van der Waals surface area (Å²) in [5.41, 5.74) is 1.16. The zero-order chi connectivity index (χ0) is 14.7. The minimum absolute atomic E-state index is 0.387. The van der Waals surface area contributed by atoms with Gasteiger partial charge in [0.05, 0.1) is 11.7 Å². The number of nitrogens with one attached hydrogen (secondary N) is 1. The fraction of sp³-hybridized carbons (Fsp3) is 0.667. The van der Waals surface area contributed by atoms with Crippen LogP contribution in [0.5, 0.6) is 0 Å². The second-order valence-corrected chi connectivity index (χ2v) is 7.68. The molecule has 1 N–H and O–H groups in total. The molecule has 1 aromatic rings. The first kappa shape index (κ1) is 16.4. The number of hydrogen-bond acceptors (Lipinski definition) is 3. The van der Waals surface area contributed by atoms with E-state index in [1.165, 1.54) is 12.8 Å². The van der Waals surface area contributed by atoms with Crippen molar-refractivity contribution >= 4 is 31.9 Å². The van der Waals surface area contributed by atoms with Crippen LogP contribution in [0.2, 0.25) is 0 Å². The summed E-state index contributed by atoms with van der Waals surface area (Å²) in [5, 5.41) is 3.59. The number of aromatic nitrogens is 1. The summed E-state index contributed by atoms with van der Waals surface area (Å²) in [6.45, 7) is 6.61. The van der Waals surface area contributed by atoms with Crippen molar-refractivity contribution in [3.63, 3.8) is 0 Å². The lowest BCUT2D eigenvalue weighted by Crippen LogP contribution is -2.42. The maximum atomic E-state index is 4.67. The lowest BCUT2D eigenvalue weighted by molar-refractivity contribution is 0.114. The van der Waals surface area contributed by atoms with Gasteiger partial charge in [-0.2, -0.15) is 0 Å². The fourth-order valence-corrected chi connectivity index (χ4v) is 4.16. The number of halogens is 2. The topological polar surface area (TPSA) is 28.2 Å². The minimum Gasteiger partial charge on any atom is -0.314 e. The summed E-state index contributed by atoms with van der Waals surface area (Å²) in [6.07, 6.45) is 4.43. The van der Waals surface area contributed by atoms with Gasteiger partial charge in [0.1, 0.15) is 0 Å². The van der Waals surface area contributed by atoms with Gasteiger partial charge in [-0.25, -0.2) is 0 Å². The standard InChI is InChI=1S/C15H23Br2N3/c1-10(2)18-8-11-5-4-6-20(3)15(11)14-13(17)7-12(16)9-19-14/h7,9-11,15,18H,4-6,8H2,1-3H3. The van der Waals surface area contributed by atoms with Crippen molar-refractivity contribution in [2.75, 3.05) is 20.1 Å². The molecule has 2 rings (SSSR count). The van der Waals surface area contributed by atoms with Crippen LogP contribution in [0.3, 0.4) is 0 Å². The van der Waals surface area contributed by atoms with Crippen LogP contribution in [-0.4, -0.2) is 36.1 Å². The lowest BCUT2D eigenvalue weighted by Gasteiger charge is -2.39. The molecule has 0 aliphatic carbocycles. The van der Waals surface area contributed by atoms with Crippen molar-refractivity contribution < 1.29 is 0 Å². The molecule has 1 fully saturated rings. The number of hydrogen-bond donors (Lipinski definition) is 1. The first-order chi connectivity index (χ1) is 9.49. The Morgan fingerprint density at radius 2 is 2.20 bits per heavy atom. The Bertz CT molecular complexity index is 451. The highest BCUT2D eigenvalue weighted by Gasteiger charge is 2.32. The van der Waals surface area contributed by atoms with E-state index in [0.717, 1.165) is 27.7 Å². The highest BCUT2D eigenvalue weighted by atomic mass is 79.9. The normalized spacial score (nSPS) is 24.3. The first-order valence-electron chi connectivity index (χ1n) is 7.23. The molecule has 1 aromatic heterocycles. The molecule has 0 amide bonds. The van der Waals surface area contributed by atoms with E-state index < -0.39 is 0 Å². The van der Waals surface area contributed by atoms with Crippen LogP contribution in [0.1, 0.15) is 38.4 Å². The van der Waals surface area contributed by atoms with Gasteiger partial charge in [0.2, 0.25) is 0 Å². The summed E-state index contributed by atoms with van der Waals surface area (Å²) in [4.78, 5) is 7.11. The Kier molecular flexibility index (Phi) is 6.02. The van der Waals surface area contributed by atoms with Gasteiger partial charge >= 0.3 is 0 Å². The van der Waals surface area contributed by atoms with Gasteiger partial charge in [-0.3, -0.25) is 9.88 Å². The number of piperidine rings is 1. The SMILES string of the molecule is CC(C)NCC1CCCN(C)C1c1ncc(Br)cc1Br. The van der Waals surface area contributed by atoms with Crippen LogP contribution in [0.15, 0.2) is 21.2 Å². The summed E-state index contributed by atoms with van der Waals surface area (Å²) in [5.74, 6) is 0.612. The molecule has 3 nitrogen and oxygen atoms in total. The van der Waals surface area contributed by atoms with Crippen LogP contribution < -0.4 is 5.32 Å². The minimum atomic E-state index is 0.387. The summed E-state index contributed by atoms with van der Waals surface area (Å²) < 4.78 is 2.11. The maximum Gasteiger partial charge on any atom is 0.0721 e. The number of likely N-dealkylation sites (tertiary alicyclic amines) is 1. The highest BCUT2D eigenvalue weighted by molar-refractivity contribution is 9.11. The van der Waals surface area contributed by atoms with Crippen molar-refractivity contribution in [3.05, 3.63) is 26.9 Å². The second kappa shape index (κ2) is 7.34. The molecule has 0 saturated carbocycles. The Hall–Kier alpha value is 0.0300. The molecule has 0 radical (unpaired) electrons. The Morgan fingerprint density at radius 1 is 1.45 bits per heavy atom. The third-order valence-corrected chi connectivity index (χ3v) is 4.98. The van der Waals surface area contributed by atoms with Gasteiger partial charge in [-0.05, 0) is 70.3 Å². The molecule has 0 aromatic carbocycles. The van der Waals surface area contributed by atoms with E-state index in [2.05, 4.69) is 74.0 Å². The quantitative estimate of drug-likeness (QED) is 0.822. The van der Waals surface area contributed by atoms with Gasteiger partial charge in [-0.15, -0.1) is 0 Å².